The Hall–Kier alpha value is -0.408. The predicted octanol–water partition coefficient (Wildman–Crippen LogP) is 1.50. The van der Waals surface area contributed by atoms with Crippen molar-refractivity contribution in [3.05, 3.63) is 0 Å². The van der Waals surface area contributed by atoms with Crippen LogP contribution in [0.1, 0.15) is 60.8 Å². The maximum Gasteiger partial charge on any atom is 0.141 e. The average Bonchev–Trinajstić information content (AvgIpc) is 2.29. The Labute approximate surface area is 129 Å². The summed E-state index contributed by atoms with van der Waals surface area (Å²) in [5, 5.41) is 10.0. The maximum atomic E-state index is 11.0. The summed E-state index contributed by atoms with van der Waals surface area (Å²) in [6.07, 6.45) is 1.59. The third-order valence-corrected chi connectivity index (χ3v) is 3.73. The van der Waals surface area contributed by atoms with Crippen molar-refractivity contribution < 1.29 is 22.3 Å². The second kappa shape index (κ2) is 13.6. The van der Waals surface area contributed by atoms with Crippen molar-refractivity contribution in [1.82, 2.24) is 0 Å². The van der Waals surface area contributed by atoms with Gasteiger partial charge < -0.3 is 9.90 Å². The zero-order valence-corrected chi connectivity index (χ0v) is 14.6. The number of rotatable bonds is 9. The summed E-state index contributed by atoms with van der Waals surface area (Å²) in [7, 11) is 0. The van der Waals surface area contributed by atoms with Gasteiger partial charge in [0.1, 0.15) is 5.78 Å². The molecule has 0 aliphatic carbocycles. The van der Waals surface area contributed by atoms with Gasteiger partial charge in [0.15, 0.2) is 0 Å². The smallest absolute Gasteiger partial charge is 0.141 e. The Morgan fingerprint density at radius 1 is 1.00 bits per heavy atom. The van der Waals surface area contributed by atoms with E-state index in [0.717, 1.165) is 0 Å². The van der Waals surface area contributed by atoms with Crippen LogP contribution in [0.3, 0.4) is 0 Å². The number of ketones is 1. The molecule has 20 heavy (non-hydrogen) atoms. The van der Waals surface area contributed by atoms with Crippen molar-refractivity contribution in [2.45, 2.75) is 73.0 Å². The van der Waals surface area contributed by atoms with Crippen LogP contribution in [-0.2, 0) is 17.2 Å². The molecular weight excluding hydrogens is 275 g/mol. The second-order valence-corrected chi connectivity index (χ2v) is 5.73. The Morgan fingerprint density at radius 2 is 1.40 bits per heavy atom. The monoisotopic (exact) mass is 302 g/mol. The van der Waals surface area contributed by atoms with Crippen molar-refractivity contribution in [3.8, 4) is 0 Å². The molecule has 0 N–H and O–H groups in total. The SMILES string of the molecule is CC(C)[O][Al+][O]C(C)C.CCC(CC)C(=O)CC(=O)[O-]. The zero-order chi connectivity index (χ0) is 16.1. The first-order valence-electron chi connectivity index (χ1n) is 7.09. The Bertz CT molecular complexity index is 254. The zero-order valence-electron chi connectivity index (χ0n) is 13.5. The first-order chi connectivity index (χ1) is 9.24. The van der Waals surface area contributed by atoms with Gasteiger partial charge in [-0.1, -0.05) is 13.8 Å². The number of carbonyl (C=O) groups is 2. The molecule has 0 heterocycles. The number of Topliss-reactive ketones (excluding diaryl/α,β-unsaturated/α-hetero) is 1. The average molecular weight is 302 g/mol. The first-order valence-corrected chi connectivity index (χ1v) is 8.03. The molecule has 0 bridgehead atoms. The quantitative estimate of drug-likeness (QED) is 0.476. The molecule has 0 aliphatic rings. The van der Waals surface area contributed by atoms with Crippen molar-refractivity contribution >= 4 is 27.6 Å². The van der Waals surface area contributed by atoms with Gasteiger partial charge in [0.2, 0.25) is 0 Å². The van der Waals surface area contributed by atoms with E-state index in [1.165, 1.54) is 0 Å². The summed E-state index contributed by atoms with van der Waals surface area (Å²) in [5.41, 5.74) is 0. The molecule has 0 aliphatic heterocycles. The van der Waals surface area contributed by atoms with Gasteiger partial charge in [0.25, 0.3) is 0 Å². The molecule has 5 nitrogen and oxygen atoms in total. The molecule has 6 heteroatoms. The van der Waals surface area contributed by atoms with Crippen LogP contribution in [-0.4, -0.2) is 39.8 Å². The third-order valence-electron chi connectivity index (χ3n) is 2.41. The largest absolute Gasteiger partial charge is 0.550 e. The van der Waals surface area contributed by atoms with Crippen LogP contribution >= 0.6 is 0 Å². The molecule has 0 unspecified atom stereocenters. The molecule has 0 spiro atoms. The minimum absolute atomic E-state index is 0.104. The van der Waals surface area contributed by atoms with Crippen LogP contribution < -0.4 is 5.11 Å². The molecule has 0 rings (SSSR count). The predicted molar refractivity (Wildman–Crippen MR) is 76.9 cm³/mol. The van der Waals surface area contributed by atoms with E-state index in [1.54, 1.807) is 0 Å². The van der Waals surface area contributed by atoms with Crippen molar-refractivity contribution in [2.24, 2.45) is 5.92 Å². The molecule has 0 saturated carbocycles. The van der Waals surface area contributed by atoms with E-state index in [-0.39, 0.29) is 27.6 Å². The summed E-state index contributed by atoms with van der Waals surface area (Å²) in [6.45, 7) is 11.8. The van der Waals surface area contributed by atoms with Crippen molar-refractivity contribution in [1.29, 1.82) is 0 Å². The van der Waals surface area contributed by atoms with Crippen LogP contribution in [0.2, 0.25) is 0 Å². The van der Waals surface area contributed by atoms with Crippen molar-refractivity contribution in [3.63, 3.8) is 0 Å². The minimum Gasteiger partial charge on any atom is -0.550 e. The van der Waals surface area contributed by atoms with Crippen LogP contribution in [0.15, 0.2) is 0 Å². The van der Waals surface area contributed by atoms with E-state index in [1.807, 2.05) is 41.5 Å². The maximum absolute atomic E-state index is 11.0. The number of carboxylic acids is 1. The van der Waals surface area contributed by atoms with Gasteiger partial charge in [-0.2, -0.15) is 0 Å². The van der Waals surface area contributed by atoms with Gasteiger partial charge in [-0.25, -0.2) is 0 Å². The fourth-order valence-corrected chi connectivity index (χ4v) is 1.79. The van der Waals surface area contributed by atoms with Gasteiger partial charge >= 0.3 is 63.4 Å². The molecule has 0 atom stereocenters. The van der Waals surface area contributed by atoms with E-state index in [9.17, 15) is 14.7 Å². The Balaban J connectivity index is 0. The fraction of sp³-hybridized carbons (Fsp3) is 0.857. The summed E-state index contributed by atoms with van der Waals surface area (Å²) in [4.78, 5) is 21.0. The molecular formula is C14H27AlO5. The van der Waals surface area contributed by atoms with Gasteiger partial charge in [0, 0.05) is 18.3 Å². The normalized spacial score (nSPS) is 10.2. The van der Waals surface area contributed by atoms with Crippen LogP contribution in [0.25, 0.3) is 0 Å². The first kappa shape index (κ1) is 21.9. The number of hydrogen-bond acceptors (Lipinski definition) is 5. The second-order valence-electron chi connectivity index (χ2n) is 4.99. The standard InChI is InChI=1S/C8H14O3.2C3H7O.Al/c1-3-6(4-2)7(9)5-8(10)11;2*1-3(2)4;/h6H,3-5H2,1-2H3,(H,10,11);2*3H,1-2H3;/q;2*-1;+3/p-1. The summed E-state index contributed by atoms with van der Waals surface area (Å²) >= 11 is -0.245. The van der Waals surface area contributed by atoms with E-state index in [0.29, 0.717) is 25.0 Å². The van der Waals surface area contributed by atoms with Crippen LogP contribution in [0, 0.1) is 5.92 Å². The van der Waals surface area contributed by atoms with E-state index in [4.69, 9.17) is 7.58 Å². The van der Waals surface area contributed by atoms with Crippen molar-refractivity contribution in [2.75, 3.05) is 0 Å². The molecule has 0 fully saturated rings. The Kier molecular flexibility index (Phi) is 14.8. The summed E-state index contributed by atoms with van der Waals surface area (Å²) in [6, 6.07) is 0. The van der Waals surface area contributed by atoms with Gasteiger partial charge in [-0.05, 0) is 12.8 Å². The summed E-state index contributed by atoms with van der Waals surface area (Å²) in [5.74, 6) is -1.59. The van der Waals surface area contributed by atoms with Crippen LogP contribution in [0.5, 0.6) is 0 Å². The fourth-order valence-electron chi connectivity index (χ4n) is 1.28. The molecule has 116 valence electrons. The van der Waals surface area contributed by atoms with E-state index >= 15 is 0 Å². The van der Waals surface area contributed by atoms with Gasteiger partial charge in [-0.15, -0.1) is 0 Å². The molecule has 0 saturated heterocycles. The van der Waals surface area contributed by atoms with Gasteiger partial charge in [-0.3, -0.25) is 4.79 Å². The number of carboxylic acid groups (broad SMARTS) is 1. The molecule has 0 radical (unpaired) electrons. The third kappa shape index (κ3) is 15.6. The topological polar surface area (TPSA) is 75.7 Å². The molecule has 0 amide bonds. The molecule has 0 aromatic heterocycles. The molecule has 0 aromatic rings. The van der Waals surface area contributed by atoms with Gasteiger partial charge in [0.05, 0.1) is 0 Å². The summed E-state index contributed by atoms with van der Waals surface area (Å²) < 4.78 is 10.4. The minimum atomic E-state index is -1.28. The van der Waals surface area contributed by atoms with Crippen LogP contribution in [0.4, 0.5) is 0 Å². The Morgan fingerprint density at radius 3 is 1.65 bits per heavy atom. The van der Waals surface area contributed by atoms with E-state index in [2.05, 4.69) is 0 Å². The number of aliphatic carboxylic acids is 1. The number of carbonyl (C=O) groups excluding carboxylic acids is 2. The van der Waals surface area contributed by atoms with E-state index < -0.39 is 12.4 Å². The number of hydrogen-bond donors (Lipinski definition) is 0. The molecule has 0 aromatic carbocycles.